The molecule has 0 spiro atoms. The molecule has 0 aliphatic rings. The van der Waals surface area contributed by atoms with E-state index in [9.17, 15) is 0 Å². The Kier molecular flexibility index (Phi) is 7.94. The van der Waals surface area contributed by atoms with Crippen LogP contribution >= 0.6 is 27.5 Å². The second-order valence-corrected chi connectivity index (χ2v) is 5.06. The third-order valence-corrected chi connectivity index (χ3v) is 3.23. The summed E-state index contributed by atoms with van der Waals surface area (Å²) in [6.07, 6.45) is 2.84. The molecule has 1 N–H and O–H groups in total. The topological polar surface area (TPSA) is 30.5 Å². The molecule has 106 valence electrons. The number of hydrogen-bond acceptors (Lipinski definition) is 3. The summed E-state index contributed by atoms with van der Waals surface area (Å²) in [4.78, 5) is 0. The Morgan fingerprint density at radius 1 is 1.42 bits per heavy atom. The van der Waals surface area contributed by atoms with Gasteiger partial charge in [-0.3, -0.25) is 0 Å². The Hall–Kier alpha value is -0.710. The summed E-state index contributed by atoms with van der Waals surface area (Å²) in [6, 6.07) is 4.01. The Balaban J connectivity index is 2.81. The first-order chi connectivity index (χ1) is 9.22. The van der Waals surface area contributed by atoms with Crippen LogP contribution in [0.15, 0.2) is 28.2 Å². The van der Waals surface area contributed by atoms with Crippen LogP contribution in [0.1, 0.15) is 18.9 Å². The molecule has 1 aromatic carbocycles. The maximum absolute atomic E-state index is 5.62. The van der Waals surface area contributed by atoms with Crippen molar-refractivity contribution in [3.63, 3.8) is 0 Å². The highest BCUT2D eigenvalue weighted by atomic mass is 79.9. The zero-order chi connectivity index (χ0) is 14.1. The first kappa shape index (κ1) is 16.3. The summed E-state index contributed by atoms with van der Waals surface area (Å²) in [6.45, 7) is 4.36. The van der Waals surface area contributed by atoms with E-state index in [1.807, 2.05) is 12.1 Å². The Bertz CT molecular complexity index is 424. The molecule has 0 saturated carbocycles. The second-order valence-electron chi connectivity index (χ2n) is 3.96. The van der Waals surface area contributed by atoms with Gasteiger partial charge in [0.25, 0.3) is 0 Å². The fourth-order valence-corrected chi connectivity index (χ4v) is 2.27. The van der Waals surface area contributed by atoms with E-state index in [4.69, 9.17) is 21.1 Å². The molecule has 5 heteroatoms. The highest BCUT2D eigenvalue weighted by molar-refractivity contribution is 9.10. The number of halogens is 2. The lowest BCUT2D eigenvalue weighted by atomic mass is 10.2. The van der Waals surface area contributed by atoms with Crippen LogP contribution in [0.25, 0.3) is 0 Å². The van der Waals surface area contributed by atoms with Gasteiger partial charge in [0, 0.05) is 12.1 Å². The Morgan fingerprint density at radius 2 is 2.21 bits per heavy atom. The lowest BCUT2D eigenvalue weighted by Gasteiger charge is -2.13. The van der Waals surface area contributed by atoms with E-state index in [2.05, 4.69) is 28.2 Å². The molecule has 19 heavy (non-hydrogen) atoms. The minimum Gasteiger partial charge on any atom is -0.493 e. The summed E-state index contributed by atoms with van der Waals surface area (Å²) in [5, 5.41) is 3.36. The average Bonchev–Trinajstić information content (AvgIpc) is 2.41. The molecule has 0 unspecified atom stereocenters. The first-order valence-corrected chi connectivity index (χ1v) is 7.41. The number of nitrogens with one attached hydrogen (secondary N) is 1. The van der Waals surface area contributed by atoms with Crippen molar-refractivity contribution in [3.05, 3.63) is 33.8 Å². The summed E-state index contributed by atoms with van der Waals surface area (Å²) in [5.74, 6) is 1.40. The standard InChI is InChI=1S/C14H19BrClNO2/c1-3-6-17-10-11-8-12(15)14(13(9-11)18-2)19-7-4-5-16/h4-5,8-9,17H,3,6-7,10H2,1-2H3/b5-4+. The average molecular weight is 349 g/mol. The lowest BCUT2D eigenvalue weighted by molar-refractivity contribution is 0.324. The highest BCUT2D eigenvalue weighted by Crippen LogP contribution is 2.36. The highest BCUT2D eigenvalue weighted by Gasteiger charge is 2.11. The van der Waals surface area contributed by atoms with Crippen LogP contribution in [0.5, 0.6) is 11.5 Å². The predicted molar refractivity (Wildman–Crippen MR) is 83.2 cm³/mol. The van der Waals surface area contributed by atoms with Crippen molar-refractivity contribution in [1.82, 2.24) is 5.32 Å². The van der Waals surface area contributed by atoms with Crippen LogP contribution in [0.3, 0.4) is 0 Å². The van der Waals surface area contributed by atoms with E-state index in [0.717, 1.165) is 29.5 Å². The molecule has 3 nitrogen and oxygen atoms in total. The fraction of sp³-hybridized carbons (Fsp3) is 0.429. The molecule has 1 aromatic rings. The molecule has 0 bridgehead atoms. The van der Waals surface area contributed by atoms with Gasteiger partial charge in [-0.25, -0.2) is 0 Å². The number of ether oxygens (including phenoxy) is 2. The molecule has 0 fully saturated rings. The van der Waals surface area contributed by atoms with Crippen molar-refractivity contribution >= 4 is 27.5 Å². The molecule has 0 aliphatic carbocycles. The molecule has 0 atom stereocenters. The zero-order valence-corrected chi connectivity index (χ0v) is 13.6. The van der Waals surface area contributed by atoms with Gasteiger partial charge in [-0.05, 0) is 52.7 Å². The quantitative estimate of drug-likeness (QED) is 0.718. The number of hydrogen-bond donors (Lipinski definition) is 1. The van der Waals surface area contributed by atoms with E-state index >= 15 is 0 Å². The molecule has 1 rings (SSSR count). The van der Waals surface area contributed by atoms with Gasteiger partial charge in [-0.15, -0.1) is 0 Å². The maximum atomic E-state index is 5.62. The third kappa shape index (κ3) is 5.43. The van der Waals surface area contributed by atoms with Crippen molar-refractivity contribution in [2.75, 3.05) is 20.3 Å². The number of benzene rings is 1. The number of rotatable bonds is 8. The monoisotopic (exact) mass is 347 g/mol. The number of methoxy groups -OCH3 is 1. The van der Waals surface area contributed by atoms with Gasteiger partial charge in [0.05, 0.1) is 11.6 Å². The van der Waals surface area contributed by atoms with Crippen molar-refractivity contribution < 1.29 is 9.47 Å². The summed E-state index contributed by atoms with van der Waals surface area (Å²) in [7, 11) is 1.63. The zero-order valence-electron chi connectivity index (χ0n) is 11.2. The van der Waals surface area contributed by atoms with Crippen LogP contribution in [0.2, 0.25) is 0 Å². The predicted octanol–water partition coefficient (Wildman–Crippen LogP) is 4.09. The minimum atomic E-state index is 0.409. The summed E-state index contributed by atoms with van der Waals surface area (Å²) in [5.41, 5.74) is 2.58. The lowest BCUT2D eigenvalue weighted by Crippen LogP contribution is -2.14. The van der Waals surface area contributed by atoms with Gasteiger partial charge < -0.3 is 14.8 Å². The van der Waals surface area contributed by atoms with Crippen molar-refractivity contribution in [2.45, 2.75) is 19.9 Å². The first-order valence-electron chi connectivity index (χ1n) is 6.18. The van der Waals surface area contributed by atoms with E-state index in [-0.39, 0.29) is 0 Å². The van der Waals surface area contributed by atoms with Gasteiger partial charge in [0.15, 0.2) is 11.5 Å². The SMILES string of the molecule is CCCNCc1cc(Br)c(OC/C=C/Cl)c(OC)c1. The Morgan fingerprint density at radius 3 is 2.84 bits per heavy atom. The van der Waals surface area contributed by atoms with E-state index in [1.54, 1.807) is 13.2 Å². The van der Waals surface area contributed by atoms with Crippen LogP contribution in [0, 0.1) is 0 Å². The molecule has 0 aromatic heterocycles. The molecule has 0 aliphatic heterocycles. The van der Waals surface area contributed by atoms with E-state index in [1.165, 1.54) is 5.54 Å². The third-order valence-electron chi connectivity index (χ3n) is 2.46. The summed E-state index contributed by atoms with van der Waals surface area (Å²) >= 11 is 8.98. The van der Waals surface area contributed by atoms with Crippen molar-refractivity contribution in [3.8, 4) is 11.5 Å². The maximum Gasteiger partial charge on any atom is 0.175 e. The minimum absolute atomic E-state index is 0.409. The molecule has 0 radical (unpaired) electrons. The molecule has 0 heterocycles. The van der Waals surface area contributed by atoms with E-state index in [0.29, 0.717) is 18.1 Å². The van der Waals surface area contributed by atoms with Crippen LogP contribution in [0.4, 0.5) is 0 Å². The Labute approximate surface area is 128 Å². The largest absolute Gasteiger partial charge is 0.493 e. The van der Waals surface area contributed by atoms with Crippen molar-refractivity contribution in [1.29, 1.82) is 0 Å². The summed E-state index contributed by atoms with van der Waals surface area (Å²) < 4.78 is 11.9. The molecular formula is C14H19BrClNO2. The van der Waals surface area contributed by atoms with E-state index < -0.39 is 0 Å². The van der Waals surface area contributed by atoms with Crippen LogP contribution in [-0.4, -0.2) is 20.3 Å². The van der Waals surface area contributed by atoms with Gasteiger partial charge in [-0.1, -0.05) is 18.5 Å². The smallest absolute Gasteiger partial charge is 0.175 e. The normalized spacial score (nSPS) is 10.9. The van der Waals surface area contributed by atoms with Gasteiger partial charge in [0.2, 0.25) is 0 Å². The molecule has 0 saturated heterocycles. The van der Waals surface area contributed by atoms with Gasteiger partial charge >= 0.3 is 0 Å². The second kappa shape index (κ2) is 9.23. The molecule has 0 amide bonds. The van der Waals surface area contributed by atoms with Crippen molar-refractivity contribution in [2.24, 2.45) is 0 Å². The fourth-order valence-electron chi connectivity index (χ4n) is 1.59. The van der Waals surface area contributed by atoms with Crippen LogP contribution in [-0.2, 0) is 6.54 Å². The van der Waals surface area contributed by atoms with Gasteiger partial charge in [-0.2, -0.15) is 0 Å². The van der Waals surface area contributed by atoms with Crippen LogP contribution < -0.4 is 14.8 Å². The molecular weight excluding hydrogens is 330 g/mol. The van der Waals surface area contributed by atoms with Gasteiger partial charge in [0.1, 0.15) is 6.61 Å².